The number of halogens is 1. The fraction of sp³-hybridized carbons (Fsp3) is 0.118. The molecule has 0 unspecified atom stereocenters. The number of carbonyl (C=O) groups is 1. The molecule has 4 nitrogen and oxygen atoms in total. The van der Waals surface area contributed by atoms with Crippen LogP contribution in [0.4, 0.5) is 4.39 Å². The SMILES string of the molecule is CCOc1ccc(-c2cc(C=O)c3ccc(F)cc3n2)cn1. The maximum atomic E-state index is 13.4. The van der Waals surface area contributed by atoms with Crippen LogP contribution in [-0.2, 0) is 0 Å². The van der Waals surface area contributed by atoms with Gasteiger partial charge in [0.15, 0.2) is 6.29 Å². The van der Waals surface area contributed by atoms with Crippen LogP contribution in [0.25, 0.3) is 22.2 Å². The second kappa shape index (κ2) is 5.89. The number of fused-ring (bicyclic) bond motifs is 1. The van der Waals surface area contributed by atoms with E-state index in [0.29, 0.717) is 34.6 Å². The average Bonchev–Trinajstić information content (AvgIpc) is 2.54. The topological polar surface area (TPSA) is 52.1 Å². The van der Waals surface area contributed by atoms with Crippen LogP contribution in [0.1, 0.15) is 17.3 Å². The van der Waals surface area contributed by atoms with E-state index < -0.39 is 0 Å². The lowest BCUT2D eigenvalue weighted by Crippen LogP contribution is -1.95. The molecule has 0 aliphatic rings. The third-order valence-corrected chi connectivity index (χ3v) is 3.26. The molecule has 2 aromatic heterocycles. The summed E-state index contributed by atoms with van der Waals surface area (Å²) in [6.45, 7) is 2.42. The minimum Gasteiger partial charge on any atom is -0.478 e. The molecule has 0 N–H and O–H groups in total. The normalized spacial score (nSPS) is 10.6. The summed E-state index contributed by atoms with van der Waals surface area (Å²) in [6, 6.07) is 9.39. The van der Waals surface area contributed by atoms with Crippen molar-refractivity contribution in [3.8, 4) is 17.1 Å². The molecule has 0 aliphatic carbocycles. The highest BCUT2D eigenvalue weighted by atomic mass is 19.1. The van der Waals surface area contributed by atoms with Gasteiger partial charge >= 0.3 is 0 Å². The summed E-state index contributed by atoms with van der Waals surface area (Å²) in [5.74, 6) is 0.132. The highest BCUT2D eigenvalue weighted by molar-refractivity contribution is 5.98. The minimum atomic E-state index is -0.390. The largest absolute Gasteiger partial charge is 0.478 e. The maximum Gasteiger partial charge on any atom is 0.213 e. The zero-order valence-corrected chi connectivity index (χ0v) is 11.9. The second-order valence-electron chi connectivity index (χ2n) is 4.69. The number of rotatable bonds is 4. The van der Waals surface area contributed by atoms with Gasteiger partial charge in [-0.15, -0.1) is 0 Å². The molecule has 0 fully saturated rings. The number of hydrogen-bond donors (Lipinski definition) is 0. The fourth-order valence-corrected chi connectivity index (χ4v) is 2.24. The van der Waals surface area contributed by atoms with Crippen molar-refractivity contribution < 1.29 is 13.9 Å². The van der Waals surface area contributed by atoms with Crippen LogP contribution >= 0.6 is 0 Å². The molecule has 3 rings (SSSR count). The molecule has 0 amide bonds. The zero-order valence-electron chi connectivity index (χ0n) is 11.9. The number of aromatic nitrogens is 2. The Morgan fingerprint density at radius 2 is 2.09 bits per heavy atom. The predicted octanol–water partition coefficient (Wildman–Crippen LogP) is 3.65. The van der Waals surface area contributed by atoms with Gasteiger partial charge in [0.05, 0.1) is 17.8 Å². The molecule has 0 spiro atoms. The van der Waals surface area contributed by atoms with Crippen molar-refractivity contribution in [3.63, 3.8) is 0 Å². The molecule has 110 valence electrons. The standard InChI is InChI=1S/C17H13FN2O2/c1-2-22-17-6-3-11(9-19-17)15-7-12(10-21)14-5-4-13(18)8-16(14)20-15/h3-10H,2H2,1H3. The Morgan fingerprint density at radius 1 is 1.23 bits per heavy atom. The summed E-state index contributed by atoms with van der Waals surface area (Å²) in [4.78, 5) is 19.9. The summed E-state index contributed by atoms with van der Waals surface area (Å²) >= 11 is 0. The monoisotopic (exact) mass is 296 g/mol. The molecule has 0 radical (unpaired) electrons. The van der Waals surface area contributed by atoms with Crippen molar-refractivity contribution in [2.75, 3.05) is 6.61 Å². The molecule has 22 heavy (non-hydrogen) atoms. The van der Waals surface area contributed by atoms with E-state index in [0.717, 1.165) is 11.8 Å². The van der Waals surface area contributed by atoms with Crippen molar-refractivity contribution in [2.24, 2.45) is 0 Å². The van der Waals surface area contributed by atoms with Crippen LogP contribution in [0.3, 0.4) is 0 Å². The lowest BCUT2D eigenvalue weighted by Gasteiger charge is -2.07. The first kappa shape index (κ1) is 14.1. The van der Waals surface area contributed by atoms with Gasteiger partial charge in [-0.05, 0) is 31.2 Å². The molecule has 1 aromatic carbocycles. The van der Waals surface area contributed by atoms with Crippen LogP contribution in [0.2, 0.25) is 0 Å². The number of nitrogens with zero attached hydrogens (tertiary/aromatic N) is 2. The van der Waals surface area contributed by atoms with Crippen LogP contribution in [0.5, 0.6) is 5.88 Å². The summed E-state index contributed by atoms with van der Waals surface area (Å²) < 4.78 is 18.7. The predicted molar refractivity (Wildman–Crippen MR) is 81.5 cm³/mol. The zero-order chi connectivity index (χ0) is 15.5. The minimum absolute atomic E-state index is 0.390. The quantitative estimate of drug-likeness (QED) is 0.690. The lowest BCUT2D eigenvalue weighted by atomic mass is 10.1. The van der Waals surface area contributed by atoms with Gasteiger partial charge in [-0.3, -0.25) is 4.79 Å². The number of aldehydes is 1. The first-order chi connectivity index (χ1) is 10.7. The van der Waals surface area contributed by atoms with Crippen molar-refractivity contribution in [2.45, 2.75) is 6.92 Å². The lowest BCUT2D eigenvalue weighted by molar-refractivity contribution is 0.112. The molecule has 0 bridgehead atoms. The number of benzene rings is 1. The molecule has 0 atom stereocenters. The van der Waals surface area contributed by atoms with Crippen molar-refractivity contribution in [1.29, 1.82) is 0 Å². The highest BCUT2D eigenvalue weighted by Crippen LogP contribution is 2.25. The van der Waals surface area contributed by atoms with Crippen LogP contribution < -0.4 is 4.74 Å². The van der Waals surface area contributed by atoms with Crippen LogP contribution in [0.15, 0.2) is 42.6 Å². The van der Waals surface area contributed by atoms with Crippen molar-refractivity contribution >= 4 is 17.2 Å². The van der Waals surface area contributed by atoms with Gasteiger partial charge in [-0.1, -0.05) is 0 Å². The molecular formula is C17H13FN2O2. The van der Waals surface area contributed by atoms with Gasteiger partial charge in [-0.25, -0.2) is 14.4 Å². The molecule has 3 aromatic rings. The van der Waals surface area contributed by atoms with E-state index in [9.17, 15) is 9.18 Å². The van der Waals surface area contributed by atoms with Crippen molar-refractivity contribution in [3.05, 3.63) is 54.0 Å². The van der Waals surface area contributed by atoms with E-state index in [2.05, 4.69) is 9.97 Å². The Bertz CT molecular complexity index is 832. The van der Waals surface area contributed by atoms with Crippen LogP contribution in [0, 0.1) is 5.82 Å². The van der Waals surface area contributed by atoms with Gasteiger partial charge in [0.1, 0.15) is 5.82 Å². The highest BCUT2D eigenvalue weighted by Gasteiger charge is 2.09. The molecule has 0 saturated heterocycles. The average molecular weight is 296 g/mol. The third-order valence-electron chi connectivity index (χ3n) is 3.26. The Morgan fingerprint density at radius 3 is 2.77 bits per heavy atom. The van der Waals surface area contributed by atoms with Gasteiger partial charge in [-0.2, -0.15) is 0 Å². The summed E-state index contributed by atoms with van der Waals surface area (Å²) in [6.07, 6.45) is 2.36. The van der Waals surface area contributed by atoms with Gasteiger partial charge in [0.2, 0.25) is 5.88 Å². The molecule has 0 aliphatic heterocycles. The van der Waals surface area contributed by atoms with E-state index in [4.69, 9.17) is 4.74 Å². The Kier molecular flexibility index (Phi) is 3.78. The van der Waals surface area contributed by atoms with E-state index in [1.54, 1.807) is 30.5 Å². The van der Waals surface area contributed by atoms with Crippen LogP contribution in [-0.4, -0.2) is 22.9 Å². The van der Waals surface area contributed by atoms with E-state index in [-0.39, 0.29) is 5.82 Å². The maximum absolute atomic E-state index is 13.4. The third kappa shape index (κ3) is 2.65. The number of hydrogen-bond acceptors (Lipinski definition) is 4. The fourth-order valence-electron chi connectivity index (χ4n) is 2.24. The second-order valence-corrected chi connectivity index (χ2v) is 4.69. The number of pyridine rings is 2. The smallest absolute Gasteiger partial charge is 0.213 e. The van der Waals surface area contributed by atoms with E-state index in [1.165, 1.54) is 12.1 Å². The first-order valence-electron chi connectivity index (χ1n) is 6.86. The van der Waals surface area contributed by atoms with E-state index in [1.807, 2.05) is 6.92 Å². The molecule has 0 saturated carbocycles. The Labute approximate surface area is 126 Å². The molecule has 2 heterocycles. The molecular weight excluding hydrogens is 283 g/mol. The van der Waals surface area contributed by atoms with Gasteiger partial charge in [0, 0.05) is 34.8 Å². The molecule has 5 heteroatoms. The number of carbonyl (C=O) groups excluding carboxylic acids is 1. The first-order valence-corrected chi connectivity index (χ1v) is 6.86. The van der Waals surface area contributed by atoms with Crippen molar-refractivity contribution in [1.82, 2.24) is 9.97 Å². The Balaban J connectivity index is 2.11. The number of ether oxygens (including phenoxy) is 1. The summed E-state index contributed by atoms with van der Waals surface area (Å²) in [5.41, 5.74) is 2.20. The summed E-state index contributed by atoms with van der Waals surface area (Å²) in [7, 11) is 0. The Hall–Kier alpha value is -2.82. The van der Waals surface area contributed by atoms with Gasteiger partial charge in [0.25, 0.3) is 0 Å². The van der Waals surface area contributed by atoms with E-state index >= 15 is 0 Å². The van der Waals surface area contributed by atoms with Gasteiger partial charge < -0.3 is 4.74 Å². The summed E-state index contributed by atoms with van der Waals surface area (Å²) in [5, 5.41) is 0.624.